The molecule has 27 heavy (non-hydrogen) atoms. The Bertz CT molecular complexity index is 992. The predicted molar refractivity (Wildman–Crippen MR) is 108 cm³/mol. The summed E-state index contributed by atoms with van der Waals surface area (Å²) in [5.41, 5.74) is 9.38. The number of carbonyl (C=O) groups is 1. The molecule has 1 amide bonds. The molecule has 2 aromatic carbocycles. The van der Waals surface area contributed by atoms with Crippen LogP contribution in [0, 0.1) is 5.82 Å². The Balaban J connectivity index is 1.46. The molecule has 0 spiro atoms. The lowest BCUT2D eigenvalue weighted by atomic mass is 9.88. The second kappa shape index (κ2) is 7.44. The summed E-state index contributed by atoms with van der Waals surface area (Å²) in [5, 5.41) is 1.09. The van der Waals surface area contributed by atoms with Crippen molar-refractivity contribution in [1.82, 2.24) is 9.88 Å². The average molecular weight is 430 g/mol. The highest BCUT2D eigenvalue weighted by atomic mass is 79.9. The van der Waals surface area contributed by atoms with Gasteiger partial charge in [0.2, 0.25) is 5.91 Å². The third-order valence-corrected chi connectivity index (χ3v) is 6.02. The summed E-state index contributed by atoms with van der Waals surface area (Å²) < 4.78 is 13.9. The van der Waals surface area contributed by atoms with Crippen LogP contribution in [0.4, 0.5) is 4.39 Å². The topological polar surface area (TPSA) is 62.1 Å². The van der Waals surface area contributed by atoms with Crippen molar-refractivity contribution in [2.24, 2.45) is 5.73 Å². The van der Waals surface area contributed by atoms with Crippen LogP contribution in [-0.4, -0.2) is 28.9 Å². The molecule has 1 aliphatic heterocycles. The van der Waals surface area contributed by atoms with E-state index in [0.717, 1.165) is 48.9 Å². The van der Waals surface area contributed by atoms with Gasteiger partial charge in [-0.05, 0) is 89.2 Å². The number of fused-ring (bicyclic) bond motifs is 1. The molecule has 1 fully saturated rings. The summed E-state index contributed by atoms with van der Waals surface area (Å²) in [4.78, 5) is 17.2. The molecule has 0 unspecified atom stereocenters. The summed E-state index contributed by atoms with van der Waals surface area (Å²) >= 11 is 3.26. The number of aromatic nitrogens is 1. The number of piperidine rings is 1. The molecule has 6 heteroatoms. The number of primary amides is 1. The molecule has 1 aromatic heterocycles. The van der Waals surface area contributed by atoms with Gasteiger partial charge >= 0.3 is 0 Å². The van der Waals surface area contributed by atoms with Crippen molar-refractivity contribution in [3.8, 4) is 0 Å². The van der Waals surface area contributed by atoms with Crippen LogP contribution < -0.4 is 5.73 Å². The lowest BCUT2D eigenvalue weighted by Gasteiger charge is -2.32. The zero-order valence-electron chi connectivity index (χ0n) is 14.8. The fraction of sp³-hybridized carbons (Fsp3) is 0.286. The lowest BCUT2D eigenvalue weighted by Crippen LogP contribution is -2.32. The van der Waals surface area contributed by atoms with Crippen molar-refractivity contribution in [1.29, 1.82) is 0 Å². The number of H-pyrrole nitrogens is 1. The first kappa shape index (κ1) is 18.2. The molecule has 4 rings (SSSR count). The summed E-state index contributed by atoms with van der Waals surface area (Å²) in [6, 6.07) is 10.8. The van der Waals surface area contributed by atoms with Gasteiger partial charge in [0.1, 0.15) is 5.82 Å². The minimum absolute atomic E-state index is 0.230. The molecular formula is C21H21BrFN3O. The molecule has 2 heterocycles. The zero-order valence-corrected chi connectivity index (χ0v) is 16.4. The van der Waals surface area contributed by atoms with Gasteiger partial charge in [0, 0.05) is 29.2 Å². The summed E-state index contributed by atoms with van der Waals surface area (Å²) in [7, 11) is 0. The van der Waals surface area contributed by atoms with Gasteiger partial charge in [-0.2, -0.15) is 0 Å². The predicted octanol–water partition coefficient (Wildman–Crippen LogP) is 4.55. The molecule has 3 N–H and O–H groups in total. The SMILES string of the molecule is NC(=O)c1ccc2[nH]cc(C3CCN(Cc4ccc(F)c(Br)c4)CC3)c2c1. The van der Waals surface area contributed by atoms with Gasteiger partial charge in [0.05, 0.1) is 4.47 Å². The number of rotatable bonds is 4. The fourth-order valence-electron chi connectivity index (χ4n) is 3.93. The van der Waals surface area contributed by atoms with Gasteiger partial charge in [-0.25, -0.2) is 4.39 Å². The minimum Gasteiger partial charge on any atom is -0.366 e. The van der Waals surface area contributed by atoms with E-state index in [4.69, 9.17) is 5.73 Å². The lowest BCUT2D eigenvalue weighted by molar-refractivity contribution is 0.100. The highest BCUT2D eigenvalue weighted by Crippen LogP contribution is 2.34. The first-order valence-corrected chi connectivity index (χ1v) is 9.87. The van der Waals surface area contributed by atoms with Crippen molar-refractivity contribution in [3.63, 3.8) is 0 Å². The Kier molecular flexibility index (Phi) is 5.02. The molecule has 4 nitrogen and oxygen atoms in total. The number of carbonyl (C=O) groups excluding carboxylic acids is 1. The number of hydrogen-bond acceptors (Lipinski definition) is 2. The maximum atomic E-state index is 13.4. The molecule has 0 saturated carbocycles. The first-order valence-electron chi connectivity index (χ1n) is 9.08. The Morgan fingerprint density at radius 1 is 1.22 bits per heavy atom. The van der Waals surface area contributed by atoms with Crippen molar-refractivity contribution < 1.29 is 9.18 Å². The van der Waals surface area contributed by atoms with Crippen LogP contribution in [0.5, 0.6) is 0 Å². The molecule has 0 aliphatic carbocycles. The van der Waals surface area contributed by atoms with E-state index in [9.17, 15) is 9.18 Å². The van der Waals surface area contributed by atoms with Crippen molar-refractivity contribution in [2.75, 3.05) is 13.1 Å². The minimum atomic E-state index is -0.399. The number of benzene rings is 2. The number of halogens is 2. The maximum absolute atomic E-state index is 13.4. The second-order valence-electron chi connectivity index (χ2n) is 7.17. The van der Waals surface area contributed by atoms with Crippen LogP contribution in [0.3, 0.4) is 0 Å². The quantitative estimate of drug-likeness (QED) is 0.638. The van der Waals surface area contributed by atoms with E-state index in [1.807, 2.05) is 24.3 Å². The number of nitrogens with two attached hydrogens (primary N) is 1. The van der Waals surface area contributed by atoms with Crippen LogP contribution in [0.15, 0.2) is 47.1 Å². The molecule has 1 aliphatic rings. The number of likely N-dealkylation sites (tertiary alicyclic amines) is 1. The Morgan fingerprint density at radius 2 is 2.00 bits per heavy atom. The summed E-state index contributed by atoms with van der Waals surface area (Å²) in [5.74, 6) is -0.172. The van der Waals surface area contributed by atoms with Crippen LogP contribution >= 0.6 is 15.9 Å². The zero-order chi connectivity index (χ0) is 19.0. The van der Waals surface area contributed by atoms with Gasteiger partial charge in [-0.15, -0.1) is 0 Å². The van der Waals surface area contributed by atoms with Gasteiger partial charge < -0.3 is 10.7 Å². The van der Waals surface area contributed by atoms with Gasteiger partial charge in [0.15, 0.2) is 0 Å². The van der Waals surface area contributed by atoms with Crippen LogP contribution in [0.25, 0.3) is 10.9 Å². The van der Waals surface area contributed by atoms with Gasteiger partial charge in [0.25, 0.3) is 0 Å². The van der Waals surface area contributed by atoms with Crippen molar-refractivity contribution in [2.45, 2.75) is 25.3 Å². The normalized spacial score (nSPS) is 16.1. The number of amides is 1. The van der Waals surface area contributed by atoms with E-state index >= 15 is 0 Å². The van der Waals surface area contributed by atoms with Crippen molar-refractivity contribution in [3.05, 3.63) is 69.6 Å². The standard InChI is InChI=1S/C21H21BrFN3O/c22-18-9-13(1-3-19(18)23)12-26-7-5-14(6-8-26)17-11-25-20-4-2-15(21(24)27)10-16(17)20/h1-4,9-11,14,25H,5-8,12H2,(H2,24,27). The monoisotopic (exact) mass is 429 g/mol. The van der Waals surface area contributed by atoms with E-state index in [1.165, 1.54) is 11.6 Å². The largest absolute Gasteiger partial charge is 0.366 e. The third kappa shape index (κ3) is 3.77. The van der Waals surface area contributed by atoms with E-state index < -0.39 is 5.91 Å². The maximum Gasteiger partial charge on any atom is 0.248 e. The molecule has 0 radical (unpaired) electrons. The number of hydrogen-bond donors (Lipinski definition) is 2. The van der Waals surface area contributed by atoms with E-state index in [2.05, 4.69) is 32.0 Å². The van der Waals surface area contributed by atoms with Crippen LogP contribution in [0.1, 0.15) is 40.2 Å². The molecular weight excluding hydrogens is 409 g/mol. The number of aromatic amines is 1. The smallest absolute Gasteiger partial charge is 0.248 e. The second-order valence-corrected chi connectivity index (χ2v) is 8.02. The average Bonchev–Trinajstić information content (AvgIpc) is 3.08. The van der Waals surface area contributed by atoms with Gasteiger partial charge in [-0.3, -0.25) is 9.69 Å². The summed E-state index contributed by atoms with van der Waals surface area (Å²) in [6.45, 7) is 2.80. The summed E-state index contributed by atoms with van der Waals surface area (Å²) in [6.07, 6.45) is 4.17. The molecule has 140 valence electrons. The molecule has 1 saturated heterocycles. The Morgan fingerprint density at radius 3 is 2.70 bits per heavy atom. The fourth-order valence-corrected chi connectivity index (χ4v) is 4.36. The third-order valence-electron chi connectivity index (χ3n) is 5.42. The van der Waals surface area contributed by atoms with Crippen LogP contribution in [-0.2, 0) is 6.54 Å². The number of nitrogens with zero attached hydrogens (tertiary/aromatic N) is 1. The molecule has 0 bridgehead atoms. The van der Waals surface area contributed by atoms with Gasteiger partial charge in [-0.1, -0.05) is 6.07 Å². The van der Waals surface area contributed by atoms with E-state index in [1.54, 1.807) is 6.07 Å². The number of nitrogens with one attached hydrogen (secondary N) is 1. The highest BCUT2D eigenvalue weighted by molar-refractivity contribution is 9.10. The van der Waals surface area contributed by atoms with E-state index in [-0.39, 0.29) is 5.82 Å². The van der Waals surface area contributed by atoms with E-state index in [0.29, 0.717) is 16.0 Å². The molecule has 3 aromatic rings. The first-order chi connectivity index (χ1) is 13.0. The highest BCUT2D eigenvalue weighted by Gasteiger charge is 2.23. The molecule has 0 atom stereocenters. The van der Waals surface area contributed by atoms with Crippen molar-refractivity contribution >= 4 is 32.7 Å². The Labute approximate surface area is 165 Å². The van der Waals surface area contributed by atoms with Crippen LogP contribution in [0.2, 0.25) is 0 Å². The Hall–Kier alpha value is -2.18.